The van der Waals surface area contributed by atoms with Crippen molar-refractivity contribution >= 4 is 20.0 Å². The Labute approximate surface area is 256 Å². The van der Waals surface area contributed by atoms with Gasteiger partial charge in [-0.25, -0.2) is 6.54 Å². The number of aryl methyl sites for hydroxylation is 2. The van der Waals surface area contributed by atoms with Gasteiger partial charge in [0.25, 0.3) is 0 Å². The molecule has 1 aliphatic rings. The van der Waals surface area contributed by atoms with Gasteiger partial charge in [0, 0.05) is 18.3 Å². The zero-order chi connectivity index (χ0) is 30.3. The third-order valence-corrected chi connectivity index (χ3v) is 8.04. The molecule has 1 N–H and O–H groups in total. The third kappa shape index (κ3) is 9.83. The van der Waals surface area contributed by atoms with Crippen LogP contribution < -0.4 is 9.64 Å². The summed E-state index contributed by atoms with van der Waals surface area (Å²) in [7, 11) is 6.72. The Morgan fingerprint density at radius 2 is 1.70 bits per heavy atom. The summed E-state index contributed by atoms with van der Waals surface area (Å²) in [5.41, 5.74) is 6.74. The van der Waals surface area contributed by atoms with Crippen LogP contribution in [0.3, 0.4) is 0 Å². The van der Waals surface area contributed by atoms with E-state index in [1.807, 2.05) is 48.8 Å². The average molecular weight is 653 g/mol. The number of hydrogen-bond donors (Lipinski definition) is 1. The molecule has 3 rings (SSSR count). The minimum absolute atomic E-state index is 0.00335. The molecule has 1 fully saturated rings. The fourth-order valence-corrected chi connectivity index (χ4v) is 6.33. The minimum Gasteiger partial charge on any atom is -0.400 e. The van der Waals surface area contributed by atoms with Crippen molar-refractivity contribution in [1.29, 1.82) is 0 Å². The molecule has 0 radical (unpaired) electrons. The first-order chi connectivity index (χ1) is 19.1. The first-order valence-corrected chi connectivity index (χ1v) is 17.3. The Bertz CT molecular complexity index is 1130. The molecule has 2 aromatic carbocycles. The van der Waals surface area contributed by atoms with Gasteiger partial charge in [0.2, 0.25) is 0 Å². The number of hydrogen-bond acceptors (Lipinski definition) is 3. The van der Waals surface area contributed by atoms with Gasteiger partial charge in [-0.2, -0.15) is 0 Å². The number of allylic oxidation sites excluding steroid dienone is 4. The summed E-state index contributed by atoms with van der Waals surface area (Å²) in [5, 5.41) is 7.00. The second-order valence-corrected chi connectivity index (χ2v) is 12.6. The Kier molecular flexibility index (Phi) is 16.0. The van der Waals surface area contributed by atoms with Crippen molar-refractivity contribution < 1.29 is 25.5 Å². The van der Waals surface area contributed by atoms with Crippen LogP contribution in [0.1, 0.15) is 78.5 Å². The minimum atomic E-state index is -0.191. The van der Waals surface area contributed by atoms with E-state index in [1.54, 1.807) is 0 Å². The zero-order valence-electron chi connectivity index (χ0n) is 25.9. The number of aliphatic hydroxyl groups is 1. The van der Waals surface area contributed by atoms with E-state index in [0.717, 1.165) is 37.7 Å². The molecule has 1 unspecified atom stereocenters. The second kappa shape index (κ2) is 17.7. The summed E-state index contributed by atoms with van der Waals surface area (Å²) in [4.78, 5) is 2.54. The smallest absolute Gasteiger partial charge is 0.0319 e. The second-order valence-electron chi connectivity index (χ2n) is 10.8. The van der Waals surface area contributed by atoms with Crippen LogP contribution in [0.25, 0.3) is 0 Å². The Balaban J connectivity index is 0.000000448. The fourth-order valence-electron chi connectivity index (χ4n) is 5.22. The zero-order valence-corrected chi connectivity index (χ0v) is 28.4. The van der Waals surface area contributed by atoms with Crippen LogP contribution in [-0.4, -0.2) is 28.5 Å². The summed E-state index contributed by atoms with van der Waals surface area (Å²) < 4.78 is 7.66. The molecule has 0 saturated carbocycles. The number of benzene rings is 2. The van der Waals surface area contributed by atoms with Crippen molar-refractivity contribution in [2.45, 2.75) is 86.3 Å². The van der Waals surface area contributed by atoms with E-state index in [2.05, 4.69) is 96.0 Å². The molecule has 2 aromatic rings. The SMILES string of the molecule is C=C/C(=C\C=C/C)C1(C)[CH-]N(c2c(CC)cccc2CC)C(C)(C)C1.CC(C)Oc1ccccc1[CH]=[Ru][Cl].CO. The van der Waals surface area contributed by atoms with E-state index in [9.17, 15) is 0 Å². The Morgan fingerprint density at radius 3 is 2.20 bits per heavy atom. The van der Waals surface area contributed by atoms with Crippen LogP contribution in [0.15, 0.2) is 78.9 Å². The molecule has 40 heavy (non-hydrogen) atoms. The maximum absolute atomic E-state index is 7.00. The molecule has 1 saturated heterocycles. The third-order valence-electron chi connectivity index (χ3n) is 6.85. The molecular formula is C35H50ClNO2Ru-. The van der Waals surface area contributed by atoms with Crippen molar-refractivity contribution in [3.05, 3.63) is 102 Å². The number of nitrogens with zero attached hydrogens (tertiary/aromatic N) is 1. The number of halogens is 1. The van der Waals surface area contributed by atoms with E-state index in [-0.39, 0.29) is 32.7 Å². The first kappa shape index (κ1) is 36.0. The van der Waals surface area contributed by atoms with E-state index in [0.29, 0.717) is 0 Å². The van der Waals surface area contributed by atoms with Crippen LogP contribution in [-0.2, 0) is 28.5 Å². The maximum Gasteiger partial charge on any atom is 0.0319 e. The van der Waals surface area contributed by atoms with Crippen molar-refractivity contribution in [3.63, 3.8) is 0 Å². The molecule has 1 atom stereocenters. The molecule has 0 bridgehead atoms. The molecule has 0 aliphatic carbocycles. The molecule has 1 aliphatic heterocycles. The molecule has 223 valence electrons. The van der Waals surface area contributed by atoms with Crippen molar-refractivity contribution in [2.24, 2.45) is 5.41 Å². The molecule has 0 aromatic heterocycles. The summed E-state index contributed by atoms with van der Waals surface area (Å²) in [6, 6.07) is 14.7. The average Bonchev–Trinajstić information content (AvgIpc) is 3.19. The number of rotatable bonds is 9. The van der Waals surface area contributed by atoms with Crippen LogP contribution in [0, 0.1) is 12.0 Å². The number of ether oxygens (including phenoxy) is 1. The van der Waals surface area contributed by atoms with E-state index in [1.165, 1.54) is 22.4 Å². The maximum atomic E-state index is 7.00. The van der Waals surface area contributed by atoms with E-state index >= 15 is 0 Å². The quantitative estimate of drug-likeness (QED) is 0.167. The predicted molar refractivity (Wildman–Crippen MR) is 173 cm³/mol. The van der Waals surface area contributed by atoms with Crippen LogP contribution in [0.4, 0.5) is 5.69 Å². The number of para-hydroxylation sites is 2. The van der Waals surface area contributed by atoms with Gasteiger partial charge in [-0.3, -0.25) is 0 Å². The summed E-state index contributed by atoms with van der Waals surface area (Å²) in [5.74, 6) is 0.924. The number of anilines is 1. The van der Waals surface area contributed by atoms with Crippen LogP contribution in [0.5, 0.6) is 5.75 Å². The molecular weight excluding hydrogens is 603 g/mol. The van der Waals surface area contributed by atoms with Crippen LogP contribution >= 0.6 is 9.69 Å². The fraction of sp³-hybridized carbons (Fsp3) is 0.429. The molecule has 0 amide bonds. The summed E-state index contributed by atoms with van der Waals surface area (Å²) in [6.45, 7) is 24.2. The van der Waals surface area contributed by atoms with Gasteiger partial charge in [0.05, 0.1) is 0 Å². The molecule has 0 spiro atoms. The van der Waals surface area contributed by atoms with Gasteiger partial charge in [-0.15, -0.1) is 5.41 Å². The standard InChI is InChI=1S/C24H34N.C10H12O.CH4O.ClH.Ru/c1-8-12-16-21(11-4)24(7)17-23(5,6)25(18-24)22-19(9-2)14-13-15-20(22)10-3;1-8(2)11-10-7-5-4-6-9(10)3;1-2;;/h8,11-16,18H,4,9-10,17H2,1-3,5-7H3;3-8H,1-2H3;2H,1H3;1H;/q-1;;;;+1/p-1/b12-8-,21-16+;;;;. The molecule has 3 nitrogen and oxygen atoms in total. The van der Waals surface area contributed by atoms with Gasteiger partial charge in [0.15, 0.2) is 0 Å². The summed E-state index contributed by atoms with van der Waals surface area (Å²) in [6.07, 6.45) is 11.8. The van der Waals surface area contributed by atoms with Gasteiger partial charge in [-0.1, -0.05) is 75.4 Å². The van der Waals surface area contributed by atoms with Gasteiger partial charge in [0.1, 0.15) is 0 Å². The van der Waals surface area contributed by atoms with Crippen molar-refractivity contribution in [2.75, 3.05) is 12.0 Å². The topological polar surface area (TPSA) is 32.7 Å². The summed E-state index contributed by atoms with van der Waals surface area (Å²) >= 11 is -0.191. The normalized spacial score (nSPS) is 18.6. The number of aliphatic hydroxyl groups excluding tert-OH is 1. The van der Waals surface area contributed by atoms with E-state index < -0.39 is 0 Å². The monoisotopic (exact) mass is 653 g/mol. The molecule has 5 heteroatoms. The van der Waals surface area contributed by atoms with Crippen molar-refractivity contribution in [1.82, 2.24) is 0 Å². The van der Waals surface area contributed by atoms with Crippen molar-refractivity contribution in [3.8, 4) is 5.75 Å². The first-order valence-electron chi connectivity index (χ1n) is 14.0. The van der Waals surface area contributed by atoms with Gasteiger partial charge >= 0.3 is 90.3 Å². The Morgan fingerprint density at radius 1 is 1.10 bits per heavy atom. The van der Waals surface area contributed by atoms with Crippen LogP contribution in [0.2, 0.25) is 0 Å². The largest absolute Gasteiger partial charge is 0.400 e. The van der Waals surface area contributed by atoms with Gasteiger partial charge in [-0.05, 0) is 51.2 Å². The van der Waals surface area contributed by atoms with E-state index in [4.69, 9.17) is 19.5 Å². The van der Waals surface area contributed by atoms with Gasteiger partial charge < -0.3 is 10.0 Å². The predicted octanol–water partition coefficient (Wildman–Crippen LogP) is 9.13. The molecule has 1 heterocycles. The Hall–Kier alpha value is -2.00.